The van der Waals surface area contributed by atoms with E-state index < -0.39 is 0 Å². The molecule has 2 aliphatic heterocycles. The maximum Gasteiger partial charge on any atom is 0.225 e. The van der Waals surface area contributed by atoms with Crippen molar-refractivity contribution in [3.05, 3.63) is 41.8 Å². The Morgan fingerprint density at radius 1 is 0.972 bits per heavy atom. The number of carbonyl (C=O) groups excluding carboxylic acids is 1. The van der Waals surface area contributed by atoms with Crippen molar-refractivity contribution in [3.63, 3.8) is 0 Å². The molecule has 0 bridgehead atoms. The summed E-state index contributed by atoms with van der Waals surface area (Å²) in [7, 11) is 0. The van der Waals surface area contributed by atoms with Crippen LogP contribution in [0.4, 0.5) is 17.3 Å². The summed E-state index contributed by atoms with van der Waals surface area (Å²) in [6.07, 6.45) is 10.7. The molecule has 2 saturated heterocycles. The summed E-state index contributed by atoms with van der Waals surface area (Å²) in [5, 5.41) is 4.85. The molecule has 0 unspecified atom stereocenters. The minimum absolute atomic E-state index is 0.0622. The van der Waals surface area contributed by atoms with Gasteiger partial charge in [0.1, 0.15) is 29.8 Å². The number of anilines is 3. The molecule has 3 aromatic rings. The Labute approximate surface area is 216 Å². The number of fused-ring (bicyclic) bond motifs is 1. The number of rotatable bonds is 6. The smallest absolute Gasteiger partial charge is 0.225 e. The second-order valence-corrected chi connectivity index (χ2v) is 10.4. The number of piperidine rings is 1. The molecular formula is C27H31ClN6O2. The Bertz CT molecular complexity index is 1250. The molecule has 8 nitrogen and oxygen atoms in total. The van der Waals surface area contributed by atoms with Crippen molar-refractivity contribution < 1.29 is 9.53 Å². The molecule has 9 heteroatoms. The van der Waals surface area contributed by atoms with Crippen LogP contribution >= 0.6 is 11.6 Å². The molecule has 0 spiro atoms. The summed E-state index contributed by atoms with van der Waals surface area (Å²) < 4.78 is 6.24. The van der Waals surface area contributed by atoms with Crippen LogP contribution in [0.15, 0.2) is 36.8 Å². The fourth-order valence-electron chi connectivity index (χ4n) is 5.38. The van der Waals surface area contributed by atoms with Gasteiger partial charge in [-0.1, -0.05) is 24.4 Å². The second-order valence-electron chi connectivity index (χ2n) is 10.0. The molecule has 0 atom stereocenters. The van der Waals surface area contributed by atoms with Gasteiger partial charge in [0, 0.05) is 56.0 Å². The fourth-order valence-corrected chi connectivity index (χ4v) is 5.61. The zero-order chi connectivity index (χ0) is 24.5. The molecule has 1 aromatic carbocycles. The average molecular weight is 507 g/mol. The summed E-state index contributed by atoms with van der Waals surface area (Å²) in [5.74, 6) is 2.91. The highest BCUT2D eigenvalue weighted by Crippen LogP contribution is 2.33. The molecular weight excluding hydrogens is 476 g/mol. The van der Waals surface area contributed by atoms with Gasteiger partial charge in [-0.05, 0) is 43.5 Å². The van der Waals surface area contributed by atoms with Gasteiger partial charge in [0.25, 0.3) is 0 Å². The molecule has 4 heterocycles. The third-order valence-electron chi connectivity index (χ3n) is 7.63. The fraction of sp³-hybridized carbons (Fsp3) is 0.481. The van der Waals surface area contributed by atoms with Gasteiger partial charge in [-0.25, -0.2) is 15.0 Å². The van der Waals surface area contributed by atoms with E-state index >= 15 is 0 Å². The molecule has 1 saturated carbocycles. The first-order chi connectivity index (χ1) is 17.6. The lowest BCUT2D eigenvalue weighted by atomic mass is 10.0. The normalized spacial score (nSPS) is 18.9. The maximum atomic E-state index is 12.7. The van der Waals surface area contributed by atoms with E-state index in [0.717, 1.165) is 74.3 Å². The number of pyridine rings is 1. The molecule has 188 valence electrons. The predicted molar refractivity (Wildman–Crippen MR) is 141 cm³/mol. The van der Waals surface area contributed by atoms with Gasteiger partial charge in [0.05, 0.1) is 16.7 Å². The van der Waals surface area contributed by atoms with Crippen LogP contribution in [0.25, 0.3) is 10.9 Å². The number of nitrogens with zero attached hydrogens (tertiary/aromatic N) is 5. The quantitative estimate of drug-likeness (QED) is 0.492. The van der Waals surface area contributed by atoms with Gasteiger partial charge >= 0.3 is 0 Å². The Hall–Kier alpha value is -3.13. The van der Waals surface area contributed by atoms with E-state index in [0.29, 0.717) is 22.5 Å². The van der Waals surface area contributed by atoms with E-state index in [1.807, 2.05) is 29.2 Å². The molecule has 3 aliphatic rings. The molecule has 6 rings (SSSR count). The molecule has 36 heavy (non-hydrogen) atoms. The number of amides is 1. The summed E-state index contributed by atoms with van der Waals surface area (Å²) in [4.78, 5) is 30.3. The van der Waals surface area contributed by atoms with Crippen molar-refractivity contribution in [2.45, 2.75) is 51.0 Å². The van der Waals surface area contributed by atoms with Gasteiger partial charge in [-0.3, -0.25) is 4.79 Å². The van der Waals surface area contributed by atoms with Crippen molar-refractivity contribution >= 4 is 45.7 Å². The zero-order valence-corrected chi connectivity index (χ0v) is 21.1. The van der Waals surface area contributed by atoms with E-state index in [-0.39, 0.29) is 12.0 Å². The van der Waals surface area contributed by atoms with E-state index in [1.165, 1.54) is 19.3 Å². The summed E-state index contributed by atoms with van der Waals surface area (Å²) in [5.41, 5.74) is 1.62. The van der Waals surface area contributed by atoms with Crippen molar-refractivity contribution in [3.8, 4) is 5.75 Å². The Balaban J connectivity index is 1.10. The van der Waals surface area contributed by atoms with Gasteiger partial charge < -0.3 is 19.9 Å². The highest BCUT2D eigenvalue weighted by atomic mass is 35.5. The monoisotopic (exact) mass is 506 g/mol. The number of ether oxygens (including phenoxy) is 1. The van der Waals surface area contributed by atoms with Crippen LogP contribution in [-0.2, 0) is 4.79 Å². The van der Waals surface area contributed by atoms with E-state index in [1.54, 1.807) is 12.5 Å². The lowest BCUT2D eigenvalue weighted by Gasteiger charge is -2.33. The summed E-state index contributed by atoms with van der Waals surface area (Å²) in [6.45, 7) is 3.57. The Morgan fingerprint density at radius 3 is 2.50 bits per heavy atom. The predicted octanol–water partition coefficient (Wildman–Crippen LogP) is 5.19. The molecule has 1 aliphatic carbocycles. The molecule has 2 aromatic heterocycles. The van der Waals surface area contributed by atoms with Gasteiger partial charge in [0.2, 0.25) is 5.91 Å². The van der Waals surface area contributed by atoms with Crippen LogP contribution in [0.2, 0.25) is 5.02 Å². The minimum atomic E-state index is 0.0622. The standard InChI is InChI=1S/C27H31ClN6O2/c28-22-14-19(32-26-21-15-25(33-10-3-11-33)29-16-23(21)30-17-31-26)6-7-24(22)36-20-8-12-34(13-9-20)27(35)18-4-1-2-5-18/h6-7,14-18,20H,1-5,8-13H2,(H,30,31,32). The first-order valence-corrected chi connectivity index (χ1v) is 13.4. The number of hydrogen-bond donors (Lipinski definition) is 1. The number of benzene rings is 1. The molecule has 1 amide bonds. The number of aromatic nitrogens is 3. The Morgan fingerprint density at radius 2 is 1.78 bits per heavy atom. The molecule has 3 fully saturated rings. The van der Waals surface area contributed by atoms with Gasteiger partial charge in [-0.15, -0.1) is 0 Å². The van der Waals surface area contributed by atoms with E-state index in [9.17, 15) is 4.79 Å². The largest absolute Gasteiger partial charge is 0.489 e. The first kappa shape index (κ1) is 23.3. The summed E-state index contributed by atoms with van der Waals surface area (Å²) in [6, 6.07) is 7.75. The van der Waals surface area contributed by atoms with Crippen LogP contribution in [-0.4, -0.2) is 58.0 Å². The summed E-state index contributed by atoms with van der Waals surface area (Å²) >= 11 is 6.61. The number of carbonyl (C=O) groups is 1. The van der Waals surface area contributed by atoms with Crippen LogP contribution in [0, 0.1) is 5.92 Å². The van der Waals surface area contributed by atoms with Crippen LogP contribution < -0.4 is 15.0 Å². The van der Waals surface area contributed by atoms with Crippen molar-refractivity contribution in [2.24, 2.45) is 5.92 Å². The van der Waals surface area contributed by atoms with Crippen LogP contribution in [0.3, 0.4) is 0 Å². The minimum Gasteiger partial charge on any atom is -0.489 e. The lowest BCUT2D eigenvalue weighted by Crippen LogP contribution is -2.44. The van der Waals surface area contributed by atoms with E-state index in [2.05, 4.69) is 25.2 Å². The third kappa shape index (κ3) is 4.78. The number of hydrogen-bond acceptors (Lipinski definition) is 7. The second kappa shape index (κ2) is 10.1. The number of likely N-dealkylation sites (tertiary alicyclic amines) is 1. The van der Waals surface area contributed by atoms with Crippen molar-refractivity contribution in [1.82, 2.24) is 19.9 Å². The van der Waals surface area contributed by atoms with Crippen LogP contribution in [0.1, 0.15) is 44.9 Å². The number of nitrogens with one attached hydrogen (secondary N) is 1. The highest BCUT2D eigenvalue weighted by Gasteiger charge is 2.30. The maximum absolute atomic E-state index is 12.7. The van der Waals surface area contributed by atoms with Crippen molar-refractivity contribution in [1.29, 1.82) is 0 Å². The lowest BCUT2D eigenvalue weighted by molar-refractivity contribution is -0.137. The van der Waals surface area contributed by atoms with Crippen molar-refractivity contribution in [2.75, 3.05) is 36.4 Å². The zero-order valence-electron chi connectivity index (χ0n) is 20.3. The molecule has 0 radical (unpaired) electrons. The van der Waals surface area contributed by atoms with Gasteiger partial charge in [0.15, 0.2) is 0 Å². The highest BCUT2D eigenvalue weighted by molar-refractivity contribution is 6.32. The Kier molecular flexibility index (Phi) is 6.52. The SMILES string of the molecule is O=C(C1CCCC1)N1CCC(Oc2ccc(Nc3ncnc4cnc(N5CCC5)cc34)cc2Cl)CC1. The van der Waals surface area contributed by atoms with Gasteiger partial charge in [-0.2, -0.15) is 0 Å². The van der Waals surface area contributed by atoms with E-state index in [4.69, 9.17) is 16.3 Å². The average Bonchev–Trinajstić information content (AvgIpc) is 3.40. The molecule has 1 N–H and O–H groups in total. The van der Waals surface area contributed by atoms with Crippen LogP contribution in [0.5, 0.6) is 5.75 Å². The first-order valence-electron chi connectivity index (χ1n) is 13.0. The topological polar surface area (TPSA) is 83.5 Å². The number of halogens is 1. The third-order valence-corrected chi connectivity index (χ3v) is 7.93.